The standard InChI is InChI=1S/C12H11F2N3O/c13-12(14)18-10-4-2-1-3-9(10)17-8-5-6-11(15)16-7-8/h1-7,12,17H,(H2,15,16). The topological polar surface area (TPSA) is 60.2 Å². The Kier molecular flexibility index (Phi) is 3.57. The van der Waals surface area contributed by atoms with E-state index in [0.717, 1.165) is 0 Å². The van der Waals surface area contributed by atoms with Crippen LogP contribution in [0.3, 0.4) is 0 Å². The Labute approximate surface area is 102 Å². The molecular formula is C12H11F2N3O. The minimum absolute atomic E-state index is 0.0734. The first kappa shape index (κ1) is 12.1. The van der Waals surface area contributed by atoms with E-state index in [-0.39, 0.29) is 5.75 Å². The van der Waals surface area contributed by atoms with Crippen LogP contribution in [0.15, 0.2) is 42.6 Å². The molecule has 18 heavy (non-hydrogen) atoms. The number of nitrogens with two attached hydrogens (primary N) is 1. The molecular weight excluding hydrogens is 240 g/mol. The van der Waals surface area contributed by atoms with Gasteiger partial charge in [0.25, 0.3) is 0 Å². The number of benzene rings is 1. The fourth-order valence-electron chi connectivity index (χ4n) is 1.40. The van der Waals surface area contributed by atoms with Crippen molar-refractivity contribution in [2.75, 3.05) is 11.1 Å². The lowest BCUT2D eigenvalue weighted by Crippen LogP contribution is -2.04. The molecule has 0 spiro atoms. The normalized spacial score (nSPS) is 10.4. The smallest absolute Gasteiger partial charge is 0.387 e. The highest BCUT2D eigenvalue weighted by Crippen LogP contribution is 2.28. The van der Waals surface area contributed by atoms with Crippen molar-refractivity contribution in [3.8, 4) is 5.75 Å². The quantitative estimate of drug-likeness (QED) is 0.876. The Morgan fingerprint density at radius 1 is 1.17 bits per heavy atom. The molecule has 0 aliphatic carbocycles. The van der Waals surface area contributed by atoms with Crippen LogP contribution in [0.1, 0.15) is 0 Å². The van der Waals surface area contributed by atoms with Crippen molar-refractivity contribution in [1.29, 1.82) is 0 Å². The summed E-state index contributed by atoms with van der Waals surface area (Å²) in [5.74, 6) is 0.460. The minimum atomic E-state index is -2.86. The molecule has 94 valence electrons. The Balaban J connectivity index is 2.20. The second kappa shape index (κ2) is 5.31. The molecule has 0 aliphatic heterocycles. The maximum Gasteiger partial charge on any atom is 0.387 e. The van der Waals surface area contributed by atoms with Crippen molar-refractivity contribution in [2.24, 2.45) is 0 Å². The van der Waals surface area contributed by atoms with Gasteiger partial charge in [0, 0.05) is 0 Å². The van der Waals surface area contributed by atoms with E-state index in [9.17, 15) is 8.78 Å². The highest BCUT2D eigenvalue weighted by atomic mass is 19.3. The van der Waals surface area contributed by atoms with Crippen LogP contribution in [0.2, 0.25) is 0 Å². The number of nitrogen functional groups attached to an aromatic ring is 1. The summed E-state index contributed by atoms with van der Waals surface area (Å²) in [5, 5.41) is 2.93. The average Bonchev–Trinajstić information content (AvgIpc) is 2.34. The molecule has 0 saturated carbocycles. The molecule has 1 aromatic carbocycles. The van der Waals surface area contributed by atoms with Crippen LogP contribution in [0, 0.1) is 0 Å². The number of nitrogens with one attached hydrogen (secondary N) is 1. The lowest BCUT2D eigenvalue weighted by molar-refractivity contribution is -0.0493. The van der Waals surface area contributed by atoms with Crippen LogP contribution < -0.4 is 15.8 Å². The van der Waals surface area contributed by atoms with Gasteiger partial charge in [-0.15, -0.1) is 0 Å². The number of nitrogens with zero attached hydrogens (tertiary/aromatic N) is 1. The summed E-state index contributed by atoms with van der Waals surface area (Å²) in [7, 11) is 0. The van der Waals surface area contributed by atoms with Crippen LogP contribution in [-0.4, -0.2) is 11.6 Å². The van der Waals surface area contributed by atoms with E-state index in [2.05, 4.69) is 15.0 Å². The second-order valence-corrected chi connectivity index (χ2v) is 3.47. The van der Waals surface area contributed by atoms with Gasteiger partial charge in [-0.1, -0.05) is 12.1 Å². The van der Waals surface area contributed by atoms with Crippen molar-refractivity contribution < 1.29 is 13.5 Å². The molecule has 0 saturated heterocycles. The van der Waals surface area contributed by atoms with Crippen LogP contribution in [0.4, 0.5) is 26.0 Å². The molecule has 0 amide bonds. The predicted molar refractivity (Wildman–Crippen MR) is 65.0 cm³/mol. The molecule has 3 N–H and O–H groups in total. The molecule has 0 aliphatic rings. The monoisotopic (exact) mass is 251 g/mol. The first-order chi connectivity index (χ1) is 8.65. The number of anilines is 3. The number of rotatable bonds is 4. The fourth-order valence-corrected chi connectivity index (χ4v) is 1.40. The zero-order valence-electron chi connectivity index (χ0n) is 9.31. The van der Waals surface area contributed by atoms with Crippen molar-refractivity contribution in [1.82, 2.24) is 4.98 Å². The van der Waals surface area contributed by atoms with E-state index in [1.165, 1.54) is 12.3 Å². The Hall–Kier alpha value is -2.37. The lowest BCUT2D eigenvalue weighted by atomic mass is 10.3. The van der Waals surface area contributed by atoms with Crippen LogP contribution >= 0.6 is 0 Å². The molecule has 2 rings (SSSR count). The van der Waals surface area contributed by atoms with Crippen LogP contribution in [0.5, 0.6) is 5.75 Å². The zero-order chi connectivity index (χ0) is 13.0. The molecule has 1 aromatic heterocycles. The molecule has 0 unspecified atom stereocenters. The fraction of sp³-hybridized carbons (Fsp3) is 0.0833. The Bertz CT molecular complexity index is 517. The average molecular weight is 251 g/mol. The van der Waals surface area contributed by atoms with Gasteiger partial charge in [-0.25, -0.2) is 4.98 Å². The Morgan fingerprint density at radius 3 is 2.61 bits per heavy atom. The summed E-state index contributed by atoms with van der Waals surface area (Å²) >= 11 is 0. The maximum absolute atomic E-state index is 12.2. The molecule has 4 nitrogen and oxygen atoms in total. The number of para-hydroxylation sites is 2. The summed E-state index contributed by atoms with van der Waals surface area (Å²) in [6.07, 6.45) is 1.51. The van der Waals surface area contributed by atoms with Gasteiger partial charge in [0.2, 0.25) is 0 Å². The molecule has 0 atom stereocenters. The first-order valence-corrected chi connectivity index (χ1v) is 5.17. The van der Waals surface area contributed by atoms with Gasteiger partial charge in [-0.05, 0) is 24.3 Å². The van der Waals surface area contributed by atoms with Crippen molar-refractivity contribution >= 4 is 17.2 Å². The molecule has 0 fully saturated rings. The van der Waals surface area contributed by atoms with Crippen molar-refractivity contribution in [3.63, 3.8) is 0 Å². The molecule has 6 heteroatoms. The van der Waals surface area contributed by atoms with Gasteiger partial charge < -0.3 is 15.8 Å². The SMILES string of the molecule is Nc1ccc(Nc2ccccc2OC(F)F)cn1. The number of ether oxygens (including phenoxy) is 1. The van der Waals surface area contributed by atoms with Crippen LogP contribution in [-0.2, 0) is 0 Å². The van der Waals surface area contributed by atoms with E-state index in [4.69, 9.17) is 5.73 Å². The van der Waals surface area contributed by atoms with E-state index in [1.807, 2.05) is 0 Å². The summed E-state index contributed by atoms with van der Waals surface area (Å²) in [6, 6.07) is 9.73. The van der Waals surface area contributed by atoms with E-state index < -0.39 is 6.61 Å². The third-order valence-corrected chi connectivity index (χ3v) is 2.17. The molecule has 0 bridgehead atoms. The first-order valence-electron chi connectivity index (χ1n) is 5.17. The number of alkyl halides is 2. The van der Waals surface area contributed by atoms with Gasteiger partial charge in [-0.3, -0.25) is 0 Å². The predicted octanol–water partition coefficient (Wildman–Crippen LogP) is 3.01. The number of aromatic nitrogens is 1. The molecule has 2 aromatic rings. The van der Waals surface area contributed by atoms with Gasteiger partial charge in [0.05, 0.1) is 17.6 Å². The lowest BCUT2D eigenvalue weighted by Gasteiger charge is -2.12. The number of halogens is 2. The van der Waals surface area contributed by atoms with Gasteiger partial charge in [-0.2, -0.15) is 8.78 Å². The highest BCUT2D eigenvalue weighted by molar-refractivity contribution is 5.66. The van der Waals surface area contributed by atoms with E-state index in [0.29, 0.717) is 17.2 Å². The summed E-state index contributed by atoms with van der Waals surface area (Å²) < 4.78 is 28.8. The molecule has 0 radical (unpaired) electrons. The highest BCUT2D eigenvalue weighted by Gasteiger charge is 2.09. The maximum atomic E-state index is 12.2. The molecule has 1 heterocycles. The largest absolute Gasteiger partial charge is 0.433 e. The number of hydrogen-bond acceptors (Lipinski definition) is 4. The van der Waals surface area contributed by atoms with Crippen molar-refractivity contribution in [3.05, 3.63) is 42.6 Å². The third-order valence-electron chi connectivity index (χ3n) is 2.17. The minimum Gasteiger partial charge on any atom is -0.433 e. The summed E-state index contributed by atoms with van der Waals surface area (Å²) in [5.41, 5.74) is 6.52. The zero-order valence-corrected chi connectivity index (χ0v) is 9.31. The van der Waals surface area contributed by atoms with Gasteiger partial charge >= 0.3 is 6.61 Å². The summed E-state index contributed by atoms with van der Waals surface area (Å²) in [4.78, 5) is 3.89. The Morgan fingerprint density at radius 2 is 1.94 bits per heavy atom. The van der Waals surface area contributed by atoms with Crippen molar-refractivity contribution in [2.45, 2.75) is 6.61 Å². The van der Waals surface area contributed by atoms with Crippen LogP contribution in [0.25, 0.3) is 0 Å². The second-order valence-electron chi connectivity index (χ2n) is 3.47. The number of hydrogen-bond donors (Lipinski definition) is 2. The van der Waals surface area contributed by atoms with E-state index >= 15 is 0 Å². The summed E-state index contributed by atoms with van der Waals surface area (Å²) in [6.45, 7) is -2.86. The third kappa shape index (κ3) is 3.07. The van der Waals surface area contributed by atoms with Gasteiger partial charge in [0.15, 0.2) is 0 Å². The van der Waals surface area contributed by atoms with Gasteiger partial charge in [0.1, 0.15) is 11.6 Å². The van der Waals surface area contributed by atoms with E-state index in [1.54, 1.807) is 30.3 Å². The number of pyridine rings is 1.